The molecule has 0 saturated carbocycles. The molecule has 0 saturated heterocycles. The minimum absolute atomic E-state index is 0.144. The second-order valence-corrected chi connectivity index (χ2v) is 4.29. The summed E-state index contributed by atoms with van der Waals surface area (Å²) in [4.78, 5) is 11.7. The lowest BCUT2D eigenvalue weighted by Gasteiger charge is -2.02. The number of benzene rings is 1. The maximum atomic E-state index is 11.7. The van der Waals surface area contributed by atoms with Crippen molar-refractivity contribution in [3.05, 3.63) is 41.7 Å². The molecule has 0 atom stereocenters. The average Bonchev–Trinajstić information content (AvgIpc) is 3.05. The van der Waals surface area contributed by atoms with Crippen molar-refractivity contribution in [1.82, 2.24) is 25.3 Å². The average molecular weight is 269 g/mol. The molecule has 0 aliphatic carbocycles. The molecule has 1 aromatic carbocycles. The van der Waals surface area contributed by atoms with E-state index in [4.69, 9.17) is 4.63 Å². The molecule has 0 N–H and O–H groups in total. The molecule has 0 amide bonds. The lowest BCUT2D eigenvalue weighted by atomic mass is 10.1. The maximum absolute atomic E-state index is 11.7. The number of aromatic nitrogens is 5. The normalized spacial score (nSPS) is 10.7. The summed E-state index contributed by atoms with van der Waals surface area (Å²) in [6.07, 6.45) is 0. The number of rotatable bonds is 3. The Morgan fingerprint density at radius 3 is 2.65 bits per heavy atom. The zero-order chi connectivity index (χ0) is 14.1. The standard InChI is InChI=1S/C13H11N5O2/c1-8-12(9(2)19)18(17-14-8)13-11(15-20-16-13)10-6-4-3-5-7-10/h3-7H,1-2H3. The first-order chi connectivity index (χ1) is 9.68. The van der Waals surface area contributed by atoms with Crippen LogP contribution in [0.15, 0.2) is 35.0 Å². The summed E-state index contributed by atoms with van der Waals surface area (Å²) in [5, 5.41) is 15.6. The highest BCUT2D eigenvalue weighted by molar-refractivity contribution is 5.94. The lowest BCUT2D eigenvalue weighted by molar-refractivity contribution is 0.100. The highest BCUT2D eigenvalue weighted by atomic mass is 16.6. The molecule has 0 spiro atoms. The van der Waals surface area contributed by atoms with Gasteiger partial charge in [0.1, 0.15) is 5.69 Å². The molecule has 2 heterocycles. The molecule has 2 aromatic heterocycles. The number of ketones is 1. The summed E-state index contributed by atoms with van der Waals surface area (Å²) in [5.41, 5.74) is 2.25. The van der Waals surface area contributed by atoms with Crippen molar-refractivity contribution in [1.29, 1.82) is 0 Å². The van der Waals surface area contributed by atoms with Crippen LogP contribution >= 0.6 is 0 Å². The van der Waals surface area contributed by atoms with Gasteiger partial charge in [-0.2, -0.15) is 4.68 Å². The molecule has 100 valence electrons. The van der Waals surface area contributed by atoms with E-state index < -0.39 is 0 Å². The van der Waals surface area contributed by atoms with Gasteiger partial charge in [0.05, 0.1) is 5.69 Å². The van der Waals surface area contributed by atoms with Gasteiger partial charge in [-0.1, -0.05) is 35.5 Å². The van der Waals surface area contributed by atoms with Crippen molar-refractivity contribution in [2.24, 2.45) is 0 Å². The monoisotopic (exact) mass is 269 g/mol. The van der Waals surface area contributed by atoms with Crippen molar-refractivity contribution >= 4 is 5.78 Å². The molecule has 0 aliphatic rings. The zero-order valence-electron chi connectivity index (χ0n) is 10.9. The Kier molecular flexibility index (Phi) is 2.86. The van der Waals surface area contributed by atoms with E-state index in [1.165, 1.54) is 11.6 Å². The van der Waals surface area contributed by atoms with E-state index >= 15 is 0 Å². The highest BCUT2D eigenvalue weighted by Gasteiger charge is 2.22. The summed E-state index contributed by atoms with van der Waals surface area (Å²) in [6, 6.07) is 9.41. The van der Waals surface area contributed by atoms with Gasteiger partial charge in [-0.05, 0) is 17.2 Å². The fourth-order valence-electron chi connectivity index (χ4n) is 2.01. The van der Waals surface area contributed by atoms with Crippen LogP contribution in [-0.2, 0) is 0 Å². The van der Waals surface area contributed by atoms with Crippen LogP contribution in [0.25, 0.3) is 17.1 Å². The van der Waals surface area contributed by atoms with Gasteiger partial charge >= 0.3 is 0 Å². The van der Waals surface area contributed by atoms with E-state index in [0.717, 1.165) is 5.56 Å². The van der Waals surface area contributed by atoms with Gasteiger partial charge in [-0.3, -0.25) is 4.79 Å². The van der Waals surface area contributed by atoms with Crippen LogP contribution in [0.2, 0.25) is 0 Å². The molecular formula is C13H11N5O2. The van der Waals surface area contributed by atoms with Crippen LogP contribution in [0.3, 0.4) is 0 Å². The van der Waals surface area contributed by atoms with Gasteiger partial charge in [0.15, 0.2) is 11.5 Å². The van der Waals surface area contributed by atoms with Gasteiger partial charge in [0, 0.05) is 12.5 Å². The Balaban J connectivity index is 2.18. The maximum Gasteiger partial charge on any atom is 0.228 e. The minimum Gasteiger partial charge on any atom is -0.293 e. The highest BCUT2D eigenvalue weighted by Crippen LogP contribution is 2.24. The molecule has 3 rings (SSSR count). The molecule has 0 radical (unpaired) electrons. The summed E-state index contributed by atoms with van der Waals surface area (Å²) in [7, 11) is 0. The Hall–Kier alpha value is -2.83. The smallest absolute Gasteiger partial charge is 0.228 e. The van der Waals surface area contributed by atoms with Crippen LogP contribution < -0.4 is 0 Å². The molecule has 7 nitrogen and oxygen atoms in total. The zero-order valence-corrected chi connectivity index (χ0v) is 10.9. The molecule has 0 fully saturated rings. The largest absolute Gasteiger partial charge is 0.293 e. The van der Waals surface area contributed by atoms with Crippen molar-refractivity contribution < 1.29 is 9.42 Å². The molecule has 3 aromatic rings. The van der Waals surface area contributed by atoms with E-state index in [1.54, 1.807) is 6.92 Å². The first-order valence-electron chi connectivity index (χ1n) is 6.00. The summed E-state index contributed by atoms with van der Waals surface area (Å²) >= 11 is 0. The van der Waals surface area contributed by atoms with Gasteiger partial charge < -0.3 is 0 Å². The number of hydrogen-bond donors (Lipinski definition) is 0. The van der Waals surface area contributed by atoms with Gasteiger partial charge in [0.25, 0.3) is 0 Å². The number of nitrogens with zero attached hydrogens (tertiary/aromatic N) is 5. The molecular weight excluding hydrogens is 258 g/mol. The summed E-state index contributed by atoms with van der Waals surface area (Å²) < 4.78 is 6.16. The molecule has 0 bridgehead atoms. The number of hydrogen-bond acceptors (Lipinski definition) is 6. The number of aryl methyl sites for hydroxylation is 1. The summed E-state index contributed by atoms with van der Waals surface area (Å²) in [6.45, 7) is 3.17. The predicted molar refractivity (Wildman–Crippen MR) is 69.4 cm³/mol. The van der Waals surface area contributed by atoms with E-state index in [0.29, 0.717) is 22.9 Å². The number of carbonyl (C=O) groups excluding carboxylic acids is 1. The second-order valence-electron chi connectivity index (χ2n) is 4.29. The fourth-order valence-corrected chi connectivity index (χ4v) is 2.01. The fraction of sp³-hybridized carbons (Fsp3) is 0.154. The summed E-state index contributed by atoms with van der Waals surface area (Å²) in [5.74, 6) is 0.205. The van der Waals surface area contributed by atoms with Crippen molar-refractivity contribution in [3.8, 4) is 17.1 Å². The van der Waals surface area contributed by atoms with Crippen molar-refractivity contribution in [2.45, 2.75) is 13.8 Å². The molecule has 0 aliphatic heterocycles. The van der Waals surface area contributed by atoms with E-state index in [1.807, 2.05) is 30.3 Å². The van der Waals surface area contributed by atoms with Gasteiger partial charge in [0.2, 0.25) is 5.82 Å². The van der Waals surface area contributed by atoms with Crippen LogP contribution in [-0.4, -0.2) is 31.1 Å². The van der Waals surface area contributed by atoms with Crippen LogP contribution in [0.5, 0.6) is 0 Å². The van der Waals surface area contributed by atoms with E-state index in [9.17, 15) is 4.79 Å². The number of carbonyl (C=O) groups is 1. The predicted octanol–water partition coefficient (Wildman–Crippen LogP) is 1.83. The lowest BCUT2D eigenvalue weighted by Crippen LogP contribution is -2.08. The van der Waals surface area contributed by atoms with Crippen molar-refractivity contribution in [3.63, 3.8) is 0 Å². The Morgan fingerprint density at radius 2 is 1.95 bits per heavy atom. The minimum atomic E-state index is -0.144. The SMILES string of the molecule is CC(=O)c1c(C)nnn1-c1nonc1-c1ccccc1. The quantitative estimate of drug-likeness (QED) is 0.674. The first-order valence-corrected chi connectivity index (χ1v) is 6.00. The topological polar surface area (TPSA) is 86.7 Å². The van der Waals surface area contributed by atoms with E-state index in [-0.39, 0.29) is 5.78 Å². The third-order valence-corrected chi connectivity index (χ3v) is 2.89. The Bertz CT molecular complexity index is 760. The second kappa shape index (κ2) is 4.69. The molecule has 20 heavy (non-hydrogen) atoms. The van der Waals surface area contributed by atoms with Gasteiger partial charge in [-0.15, -0.1) is 5.10 Å². The van der Waals surface area contributed by atoms with Crippen LogP contribution in [0.4, 0.5) is 0 Å². The van der Waals surface area contributed by atoms with Crippen molar-refractivity contribution in [2.75, 3.05) is 0 Å². The van der Waals surface area contributed by atoms with Crippen LogP contribution in [0.1, 0.15) is 23.1 Å². The first kappa shape index (κ1) is 12.2. The van der Waals surface area contributed by atoms with Crippen LogP contribution in [0, 0.1) is 6.92 Å². The third kappa shape index (κ3) is 1.89. The number of Topliss-reactive ketones (excluding diaryl/α,β-unsaturated/α-hetero) is 1. The Labute approximate surface area is 114 Å². The molecule has 7 heteroatoms. The van der Waals surface area contributed by atoms with E-state index in [2.05, 4.69) is 20.6 Å². The third-order valence-electron chi connectivity index (χ3n) is 2.89. The Morgan fingerprint density at radius 1 is 1.20 bits per heavy atom. The van der Waals surface area contributed by atoms with Gasteiger partial charge in [-0.25, -0.2) is 4.63 Å². The molecule has 0 unspecified atom stereocenters.